The molecule has 0 unspecified atom stereocenters. The van der Waals surface area contributed by atoms with Crippen LogP contribution in [0.15, 0.2) is 47.7 Å². The first-order chi connectivity index (χ1) is 14.9. The minimum atomic E-state index is -0.374. The molecular formula is C23H22N6O2. The molecule has 31 heavy (non-hydrogen) atoms. The van der Waals surface area contributed by atoms with Crippen molar-refractivity contribution in [2.45, 2.75) is 13.8 Å². The average Bonchev–Trinajstić information content (AvgIpc) is 2.78. The van der Waals surface area contributed by atoms with Crippen molar-refractivity contribution in [2.24, 2.45) is 4.99 Å². The predicted octanol–water partition coefficient (Wildman–Crippen LogP) is 3.28. The molecule has 0 spiro atoms. The van der Waals surface area contributed by atoms with Crippen LogP contribution in [0.1, 0.15) is 38.3 Å². The van der Waals surface area contributed by atoms with Crippen LogP contribution in [0, 0.1) is 25.2 Å². The van der Waals surface area contributed by atoms with Gasteiger partial charge in [0.25, 0.3) is 5.91 Å². The number of nitriles is 1. The lowest BCUT2D eigenvalue weighted by Crippen LogP contribution is -2.17. The lowest BCUT2D eigenvalue weighted by molar-refractivity contribution is 0.102. The van der Waals surface area contributed by atoms with Crippen LogP contribution in [-0.2, 0) is 0 Å². The summed E-state index contributed by atoms with van der Waals surface area (Å²) >= 11 is 0. The molecule has 8 nitrogen and oxygen atoms in total. The van der Waals surface area contributed by atoms with Gasteiger partial charge in [-0.1, -0.05) is 0 Å². The van der Waals surface area contributed by atoms with Gasteiger partial charge in [0.1, 0.15) is 11.8 Å². The zero-order valence-corrected chi connectivity index (χ0v) is 17.7. The molecule has 2 heterocycles. The summed E-state index contributed by atoms with van der Waals surface area (Å²) < 4.78 is 5.20. The highest BCUT2D eigenvalue weighted by Crippen LogP contribution is 2.24. The summed E-state index contributed by atoms with van der Waals surface area (Å²) in [6, 6.07) is 10.8. The zero-order chi connectivity index (χ0) is 22.5. The molecule has 0 aliphatic heterocycles. The molecule has 0 atom stereocenters. The van der Waals surface area contributed by atoms with E-state index in [2.05, 4.69) is 26.3 Å². The van der Waals surface area contributed by atoms with E-state index in [9.17, 15) is 4.79 Å². The summed E-state index contributed by atoms with van der Waals surface area (Å²) in [4.78, 5) is 25.5. The first kappa shape index (κ1) is 21.5. The molecule has 1 amide bonds. The lowest BCUT2D eigenvalue weighted by atomic mass is 10.0. The maximum absolute atomic E-state index is 12.8. The van der Waals surface area contributed by atoms with Gasteiger partial charge in [-0.15, -0.1) is 0 Å². The number of nitrogens with zero attached hydrogens (tertiary/aromatic N) is 4. The summed E-state index contributed by atoms with van der Waals surface area (Å²) in [5.41, 5.74) is 11.4. The van der Waals surface area contributed by atoms with Crippen molar-refractivity contribution in [1.82, 2.24) is 9.97 Å². The summed E-state index contributed by atoms with van der Waals surface area (Å²) in [7, 11) is 3.21. The number of nitrogen functional groups attached to an aromatic ring is 1. The Morgan fingerprint density at radius 3 is 2.65 bits per heavy atom. The van der Waals surface area contributed by atoms with E-state index in [0.29, 0.717) is 39.7 Å². The molecule has 0 saturated heterocycles. The van der Waals surface area contributed by atoms with Crippen LogP contribution in [0.2, 0.25) is 0 Å². The summed E-state index contributed by atoms with van der Waals surface area (Å²) in [6.45, 7) is 3.56. The Morgan fingerprint density at radius 1 is 1.19 bits per heavy atom. The normalized spacial score (nSPS) is 11.0. The van der Waals surface area contributed by atoms with E-state index in [-0.39, 0.29) is 11.6 Å². The number of anilines is 2. The third-order valence-electron chi connectivity index (χ3n) is 4.99. The second-order valence-corrected chi connectivity index (χ2v) is 6.80. The molecule has 0 saturated carbocycles. The van der Waals surface area contributed by atoms with Crippen LogP contribution in [0.25, 0.3) is 0 Å². The highest BCUT2D eigenvalue weighted by molar-refractivity contribution is 6.16. The topological polar surface area (TPSA) is 126 Å². The van der Waals surface area contributed by atoms with Crippen molar-refractivity contribution in [3.05, 3.63) is 76.2 Å². The van der Waals surface area contributed by atoms with Gasteiger partial charge < -0.3 is 15.8 Å². The van der Waals surface area contributed by atoms with Gasteiger partial charge in [0.2, 0.25) is 5.88 Å². The number of carbonyl (C=O) groups is 1. The molecule has 3 aromatic rings. The number of nitrogens with two attached hydrogens (primary N) is 1. The Kier molecular flexibility index (Phi) is 6.26. The van der Waals surface area contributed by atoms with E-state index < -0.39 is 0 Å². The third-order valence-corrected chi connectivity index (χ3v) is 4.99. The Bertz CT molecular complexity index is 1230. The number of benzene rings is 1. The number of hydrogen-bond acceptors (Lipinski definition) is 7. The van der Waals surface area contributed by atoms with Crippen molar-refractivity contribution < 1.29 is 9.53 Å². The number of nitrogens with one attached hydrogen (secondary N) is 1. The average molecular weight is 414 g/mol. The second kappa shape index (κ2) is 9.05. The molecule has 0 aliphatic carbocycles. The molecule has 0 fully saturated rings. The molecule has 8 heteroatoms. The van der Waals surface area contributed by atoms with Gasteiger partial charge in [0.15, 0.2) is 0 Å². The van der Waals surface area contributed by atoms with Gasteiger partial charge in [-0.25, -0.2) is 9.97 Å². The first-order valence-corrected chi connectivity index (χ1v) is 9.44. The fraction of sp³-hybridized carbons (Fsp3) is 0.174. The number of carbonyl (C=O) groups excluding carboxylic acids is 1. The van der Waals surface area contributed by atoms with Crippen molar-refractivity contribution in [2.75, 3.05) is 25.2 Å². The number of amides is 1. The second-order valence-electron chi connectivity index (χ2n) is 6.80. The van der Waals surface area contributed by atoms with Crippen molar-refractivity contribution in [3.8, 4) is 11.9 Å². The fourth-order valence-electron chi connectivity index (χ4n) is 3.15. The molecule has 3 rings (SSSR count). The van der Waals surface area contributed by atoms with Gasteiger partial charge in [-0.2, -0.15) is 5.26 Å². The van der Waals surface area contributed by atoms with E-state index in [4.69, 9.17) is 15.7 Å². The Balaban J connectivity index is 1.95. The van der Waals surface area contributed by atoms with E-state index in [1.165, 1.54) is 6.20 Å². The maximum atomic E-state index is 12.8. The molecule has 0 bridgehead atoms. The molecule has 156 valence electrons. The van der Waals surface area contributed by atoms with Gasteiger partial charge >= 0.3 is 0 Å². The van der Waals surface area contributed by atoms with Crippen LogP contribution in [0.3, 0.4) is 0 Å². The third kappa shape index (κ3) is 4.36. The van der Waals surface area contributed by atoms with Gasteiger partial charge in [-0.3, -0.25) is 9.79 Å². The molecule has 1 aromatic carbocycles. The molecule has 3 N–H and O–H groups in total. The standard InChI is InChI=1S/C23H22N6O2/c1-13-14(2)21(28-12-16(13)11-24)23(30)29-17-5-6-19(25)18(10-17)22(26-3)15-7-8-27-20(9-15)31-4/h5-10,12H,25H2,1-4H3,(H,29,30). The van der Waals surface area contributed by atoms with E-state index in [1.807, 2.05) is 6.07 Å². The quantitative estimate of drug-likeness (QED) is 0.487. The van der Waals surface area contributed by atoms with Crippen LogP contribution < -0.4 is 15.8 Å². The van der Waals surface area contributed by atoms with Crippen molar-refractivity contribution >= 4 is 23.0 Å². The first-order valence-electron chi connectivity index (χ1n) is 9.44. The van der Waals surface area contributed by atoms with Gasteiger partial charge in [0, 0.05) is 48.0 Å². The highest BCUT2D eigenvalue weighted by Gasteiger charge is 2.17. The Labute approximate surface area is 180 Å². The molecule has 0 aliphatic rings. The minimum absolute atomic E-state index is 0.262. The highest BCUT2D eigenvalue weighted by atomic mass is 16.5. The molecule has 2 aromatic heterocycles. The van der Waals surface area contributed by atoms with Crippen molar-refractivity contribution in [3.63, 3.8) is 0 Å². The number of hydrogen-bond donors (Lipinski definition) is 2. The van der Waals surface area contributed by atoms with Crippen LogP contribution >= 0.6 is 0 Å². The van der Waals surface area contributed by atoms with Gasteiger partial charge in [0.05, 0.1) is 18.4 Å². The van der Waals surface area contributed by atoms with Crippen LogP contribution in [0.5, 0.6) is 5.88 Å². The SMILES string of the molecule is CN=C(c1ccnc(OC)c1)c1cc(NC(=O)c2ncc(C#N)c(C)c2C)ccc1N. The van der Waals surface area contributed by atoms with Crippen LogP contribution in [0.4, 0.5) is 11.4 Å². The number of aromatic nitrogens is 2. The lowest BCUT2D eigenvalue weighted by Gasteiger charge is -2.14. The smallest absolute Gasteiger partial charge is 0.274 e. The monoisotopic (exact) mass is 414 g/mol. The number of ether oxygens (including phenoxy) is 1. The predicted molar refractivity (Wildman–Crippen MR) is 120 cm³/mol. The van der Waals surface area contributed by atoms with Crippen LogP contribution in [-0.4, -0.2) is 35.7 Å². The fourth-order valence-corrected chi connectivity index (χ4v) is 3.15. The number of rotatable bonds is 5. The number of aliphatic imine (C=N–C) groups is 1. The summed E-state index contributed by atoms with van der Waals surface area (Å²) in [5, 5.41) is 12.0. The van der Waals surface area contributed by atoms with E-state index in [0.717, 1.165) is 11.1 Å². The number of pyridine rings is 2. The van der Waals surface area contributed by atoms with E-state index in [1.54, 1.807) is 58.5 Å². The maximum Gasteiger partial charge on any atom is 0.274 e. The summed E-state index contributed by atoms with van der Waals surface area (Å²) in [5.74, 6) is 0.0841. The number of methoxy groups -OCH3 is 1. The molecule has 0 radical (unpaired) electrons. The van der Waals surface area contributed by atoms with Crippen molar-refractivity contribution in [1.29, 1.82) is 5.26 Å². The minimum Gasteiger partial charge on any atom is -0.481 e. The Morgan fingerprint density at radius 2 is 1.97 bits per heavy atom. The zero-order valence-electron chi connectivity index (χ0n) is 17.7. The summed E-state index contributed by atoms with van der Waals surface area (Å²) in [6.07, 6.45) is 3.03. The molecular weight excluding hydrogens is 392 g/mol. The van der Waals surface area contributed by atoms with E-state index >= 15 is 0 Å². The Hall–Kier alpha value is -4.25. The largest absolute Gasteiger partial charge is 0.481 e. The van der Waals surface area contributed by atoms with Gasteiger partial charge in [-0.05, 0) is 49.2 Å².